The van der Waals surface area contributed by atoms with E-state index in [-0.39, 0.29) is 17.0 Å². The zero-order valence-corrected chi connectivity index (χ0v) is 12.3. The highest BCUT2D eigenvalue weighted by atomic mass is 16.6. The lowest BCUT2D eigenvalue weighted by Gasteiger charge is -2.23. The van der Waals surface area contributed by atoms with E-state index in [1.807, 2.05) is 0 Å². The van der Waals surface area contributed by atoms with Gasteiger partial charge in [0.2, 0.25) is 0 Å². The largest absolute Gasteiger partial charge is 0.379 e. The summed E-state index contributed by atoms with van der Waals surface area (Å²) in [5, 5.41) is 16.6. The van der Waals surface area contributed by atoms with Crippen LogP contribution in [0.2, 0.25) is 0 Å². The number of amides is 1. The Kier molecular flexibility index (Phi) is 5.07. The van der Waals surface area contributed by atoms with E-state index in [4.69, 9.17) is 0 Å². The van der Waals surface area contributed by atoms with Crippen LogP contribution in [0.1, 0.15) is 37.6 Å². The van der Waals surface area contributed by atoms with Gasteiger partial charge in [-0.1, -0.05) is 20.8 Å². The highest BCUT2D eigenvalue weighted by Crippen LogP contribution is 2.28. The predicted octanol–water partition coefficient (Wildman–Crippen LogP) is 2.80. The van der Waals surface area contributed by atoms with Gasteiger partial charge in [-0.25, -0.2) is 0 Å². The van der Waals surface area contributed by atoms with Crippen molar-refractivity contribution in [1.29, 1.82) is 0 Å². The quantitative estimate of drug-likeness (QED) is 0.619. The van der Waals surface area contributed by atoms with Gasteiger partial charge in [0.1, 0.15) is 5.69 Å². The van der Waals surface area contributed by atoms with Crippen LogP contribution in [0.5, 0.6) is 0 Å². The Bertz CT molecular complexity index is 512. The van der Waals surface area contributed by atoms with Gasteiger partial charge in [0.25, 0.3) is 11.6 Å². The lowest BCUT2D eigenvalue weighted by Crippen LogP contribution is -2.23. The first-order valence-electron chi connectivity index (χ1n) is 6.55. The molecule has 0 aliphatic heterocycles. The normalized spacial score (nSPS) is 11.0. The Morgan fingerprint density at radius 3 is 2.55 bits per heavy atom. The molecule has 6 heteroatoms. The maximum Gasteiger partial charge on any atom is 0.292 e. The van der Waals surface area contributed by atoms with Gasteiger partial charge < -0.3 is 10.6 Å². The summed E-state index contributed by atoms with van der Waals surface area (Å²) in [4.78, 5) is 22.2. The van der Waals surface area contributed by atoms with E-state index in [1.165, 1.54) is 25.2 Å². The molecular formula is C14H21N3O3. The van der Waals surface area contributed by atoms with Gasteiger partial charge in [-0.05, 0) is 24.0 Å². The molecule has 1 amide bonds. The Morgan fingerprint density at radius 1 is 1.40 bits per heavy atom. The molecule has 0 aliphatic carbocycles. The Hall–Kier alpha value is -2.11. The average Bonchev–Trinajstić information content (AvgIpc) is 2.43. The van der Waals surface area contributed by atoms with Gasteiger partial charge >= 0.3 is 0 Å². The highest BCUT2D eigenvalue weighted by molar-refractivity contribution is 5.95. The number of carbonyl (C=O) groups excluding carboxylic acids is 1. The van der Waals surface area contributed by atoms with Crippen molar-refractivity contribution in [2.75, 3.05) is 18.9 Å². The summed E-state index contributed by atoms with van der Waals surface area (Å²) in [5.74, 6) is -0.266. The second-order valence-electron chi connectivity index (χ2n) is 5.44. The van der Waals surface area contributed by atoms with E-state index in [2.05, 4.69) is 31.4 Å². The lowest BCUT2D eigenvalue weighted by atomic mass is 9.90. The summed E-state index contributed by atoms with van der Waals surface area (Å²) in [7, 11) is 1.52. The average molecular weight is 279 g/mol. The maximum absolute atomic E-state index is 11.6. The molecule has 0 bridgehead atoms. The van der Waals surface area contributed by atoms with Gasteiger partial charge in [-0.15, -0.1) is 0 Å². The number of rotatable bonds is 6. The predicted molar refractivity (Wildman–Crippen MR) is 79.0 cm³/mol. The third kappa shape index (κ3) is 3.94. The summed E-state index contributed by atoms with van der Waals surface area (Å²) in [6.45, 7) is 6.82. The summed E-state index contributed by atoms with van der Waals surface area (Å²) in [6.07, 6.45) is 0.947. The lowest BCUT2D eigenvalue weighted by molar-refractivity contribution is -0.384. The molecule has 0 aliphatic rings. The van der Waals surface area contributed by atoms with Crippen LogP contribution < -0.4 is 10.6 Å². The first-order valence-corrected chi connectivity index (χ1v) is 6.55. The molecule has 2 N–H and O–H groups in total. The van der Waals surface area contributed by atoms with E-state index in [0.717, 1.165) is 6.42 Å². The van der Waals surface area contributed by atoms with E-state index in [0.29, 0.717) is 17.8 Å². The summed E-state index contributed by atoms with van der Waals surface area (Å²) < 4.78 is 0. The van der Waals surface area contributed by atoms with Gasteiger partial charge in [-0.2, -0.15) is 0 Å². The molecule has 0 heterocycles. The molecule has 1 aromatic rings. The van der Waals surface area contributed by atoms with Gasteiger partial charge in [-0.3, -0.25) is 14.9 Å². The van der Waals surface area contributed by atoms with E-state index >= 15 is 0 Å². The summed E-state index contributed by atoms with van der Waals surface area (Å²) in [5.41, 5.74) is 0.772. The van der Waals surface area contributed by atoms with Crippen molar-refractivity contribution >= 4 is 17.3 Å². The minimum Gasteiger partial charge on any atom is -0.379 e. The second kappa shape index (κ2) is 6.36. The van der Waals surface area contributed by atoms with Gasteiger partial charge in [0.05, 0.1) is 4.92 Å². The van der Waals surface area contributed by atoms with Crippen molar-refractivity contribution in [2.45, 2.75) is 27.2 Å². The van der Waals surface area contributed by atoms with Crippen LogP contribution in [-0.2, 0) is 0 Å². The molecule has 0 atom stereocenters. The van der Waals surface area contributed by atoms with Crippen LogP contribution in [0.3, 0.4) is 0 Å². The SMILES string of the molecule is CCC(C)(C)CNc1cc(C(=O)NC)ccc1[N+](=O)[O-]. The standard InChI is InChI=1S/C14H21N3O3/c1-5-14(2,3)9-16-11-8-10(13(18)15-4)6-7-12(11)17(19)20/h6-8,16H,5,9H2,1-4H3,(H,15,18). The fourth-order valence-electron chi connectivity index (χ4n) is 1.58. The topological polar surface area (TPSA) is 84.3 Å². The van der Waals surface area contributed by atoms with Crippen LogP contribution in [0.25, 0.3) is 0 Å². The van der Waals surface area contributed by atoms with Crippen LogP contribution in [0.4, 0.5) is 11.4 Å². The molecule has 0 spiro atoms. The molecule has 0 unspecified atom stereocenters. The van der Waals surface area contributed by atoms with Crippen molar-refractivity contribution in [3.8, 4) is 0 Å². The van der Waals surface area contributed by atoms with E-state index in [1.54, 1.807) is 0 Å². The Morgan fingerprint density at radius 2 is 2.05 bits per heavy atom. The van der Waals surface area contributed by atoms with Crippen molar-refractivity contribution in [1.82, 2.24) is 5.32 Å². The molecule has 0 radical (unpaired) electrons. The zero-order chi connectivity index (χ0) is 15.3. The molecule has 110 valence electrons. The first kappa shape index (κ1) is 15.9. The van der Waals surface area contributed by atoms with Crippen molar-refractivity contribution in [3.05, 3.63) is 33.9 Å². The molecule has 6 nitrogen and oxygen atoms in total. The number of hydrogen-bond acceptors (Lipinski definition) is 4. The maximum atomic E-state index is 11.6. The van der Waals surface area contributed by atoms with E-state index < -0.39 is 4.92 Å². The Labute approximate surface area is 118 Å². The molecular weight excluding hydrogens is 258 g/mol. The van der Waals surface area contributed by atoms with E-state index in [9.17, 15) is 14.9 Å². The number of benzene rings is 1. The Balaban J connectivity index is 3.06. The van der Waals surface area contributed by atoms with Gasteiger partial charge in [0.15, 0.2) is 0 Å². The number of nitro groups is 1. The minimum atomic E-state index is -0.449. The van der Waals surface area contributed by atoms with Crippen LogP contribution in [0.15, 0.2) is 18.2 Å². The van der Waals surface area contributed by atoms with Crippen LogP contribution in [-0.4, -0.2) is 24.4 Å². The summed E-state index contributed by atoms with van der Waals surface area (Å²) >= 11 is 0. The second-order valence-corrected chi connectivity index (χ2v) is 5.44. The number of carbonyl (C=O) groups is 1. The van der Waals surface area contributed by atoms with Crippen molar-refractivity contribution in [2.24, 2.45) is 5.41 Å². The van der Waals surface area contributed by atoms with Crippen molar-refractivity contribution < 1.29 is 9.72 Å². The number of nitro benzene ring substituents is 1. The molecule has 20 heavy (non-hydrogen) atoms. The third-order valence-corrected chi connectivity index (χ3v) is 3.40. The number of nitrogens with zero attached hydrogens (tertiary/aromatic N) is 1. The molecule has 0 aromatic heterocycles. The zero-order valence-electron chi connectivity index (χ0n) is 12.3. The molecule has 0 fully saturated rings. The first-order chi connectivity index (χ1) is 9.30. The summed E-state index contributed by atoms with van der Waals surface area (Å²) in [6, 6.07) is 4.32. The van der Waals surface area contributed by atoms with Crippen LogP contribution >= 0.6 is 0 Å². The van der Waals surface area contributed by atoms with Crippen molar-refractivity contribution in [3.63, 3.8) is 0 Å². The number of nitrogens with one attached hydrogen (secondary N) is 2. The molecule has 0 saturated carbocycles. The van der Waals surface area contributed by atoms with Gasteiger partial charge in [0, 0.05) is 25.2 Å². The highest BCUT2D eigenvalue weighted by Gasteiger charge is 2.20. The molecule has 0 saturated heterocycles. The fourth-order valence-corrected chi connectivity index (χ4v) is 1.58. The molecule has 1 aromatic carbocycles. The fraction of sp³-hybridized carbons (Fsp3) is 0.500. The monoisotopic (exact) mass is 279 g/mol. The smallest absolute Gasteiger partial charge is 0.292 e. The minimum absolute atomic E-state index is 0.0236. The van der Waals surface area contributed by atoms with Crippen LogP contribution in [0, 0.1) is 15.5 Å². The number of anilines is 1. The molecule has 1 rings (SSSR count). The number of hydrogen-bond donors (Lipinski definition) is 2. The third-order valence-electron chi connectivity index (χ3n) is 3.40.